The van der Waals surface area contributed by atoms with Crippen molar-refractivity contribution in [2.45, 2.75) is 50.5 Å². The van der Waals surface area contributed by atoms with Crippen molar-refractivity contribution >= 4 is 11.9 Å². The fraction of sp³-hybridized carbons (Fsp3) is 0.440. The summed E-state index contributed by atoms with van der Waals surface area (Å²) in [7, 11) is 0. The molecule has 2 saturated heterocycles. The van der Waals surface area contributed by atoms with Gasteiger partial charge in [0, 0.05) is 23.6 Å². The number of phenolic OH excluding ortho intramolecular Hbond substituents is 1. The van der Waals surface area contributed by atoms with Crippen LogP contribution in [0.1, 0.15) is 48.7 Å². The quantitative estimate of drug-likeness (QED) is 0.731. The summed E-state index contributed by atoms with van der Waals surface area (Å²) in [4.78, 5) is 26.0. The van der Waals surface area contributed by atoms with Gasteiger partial charge in [-0.3, -0.25) is 4.79 Å². The Morgan fingerprint density at radius 3 is 2.82 bits per heavy atom. The highest BCUT2D eigenvalue weighted by Crippen LogP contribution is 2.53. The van der Waals surface area contributed by atoms with Crippen molar-refractivity contribution in [3.63, 3.8) is 0 Å². The summed E-state index contributed by atoms with van der Waals surface area (Å²) in [5, 5.41) is 18.9. The molecule has 0 aliphatic carbocycles. The molecule has 1 amide bonds. The molecule has 0 radical (unpaired) electrons. The normalized spacial score (nSPS) is 27.0. The molecular weight excluding hydrogens is 426 g/mol. The zero-order valence-electron chi connectivity index (χ0n) is 18.6. The van der Waals surface area contributed by atoms with Crippen LogP contribution in [0.15, 0.2) is 42.5 Å². The standard InChI is InChI=1S/C25H27NO7/c1-25(2)18-12-19-21(32-23(18)17-11-15(27)6-7-20(17)33-25)8-9-26(19)24(30)14-4-3-5-16(10-14)31-13-22(28)29/h3-7,10-11,18-19,21,23,27H,8-9,12-13H2,1-2H3,(H,28,29)/t18-,19+,21-,23+/m0/s1. The number of carboxylic acid groups (broad SMARTS) is 1. The van der Waals surface area contributed by atoms with E-state index in [9.17, 15) is 14.7 Å². The Bertz CT molecular complexity index is 1100. The first-order valence-corrected chi connectivity index (χ1v) is 11.2. The minimum atomic E-state index is -1.07. The zero-order chi connectivity index (χ0) is 23.3. The Morgan fingerprint density at radius 1 is 1.21 bits per heavy atom. The molecule has 3 heterocycles. The molecule has 0 spiro atoms. The molecular formula is C25H27NO7. The molecule has 8 nitrogen and oxygen atoms in total. The second-order valence-electron chi connectivity index (χ2n) is 9.43. The predicted octanol–water partition coefficient (Wildman–Crippen LogP) is 3.39. The average Bonchev–Trinajstić information content (AvgIpc) is 3.20. The number of ether oxygens (including phenoxy) is 3. The smallest absolute Gasteiger partial charge is 0.341 e. The maximum Gasteiger partial charge on any atom is 0.341 e. The number of amides is 1. The van der Waals surface area contributed by atoms with E-state index in [2.05, 4.69) is 0 Å². The van der Waals surface area contributed by atoms with Crippen LogP contribution in [-0.2, 0) is 9.53 Å². The fourth-order valence-corrected chi connectivity index (χ4v) is 5.36. The molecule has 0 unspecified atom stereocenters. The number of aromatic hydroxyl groups is 1. The molecule has 3 aliphatic heterocycles. The van der Waals surface area contributed by atoms with E-state index < -0.39 is 18.2 Å². The minimum absolute atomic E-state index is 0.00619. The van der Waals surface area contributed by atoms with Crippen molar-refractivity contribution in [3.05, 3.63) is 53.6 Å². The number of carboxylic acids is 1. The van der Waals surface area contributed by atoms with Crippen molar-refractivity contribution in [1.29, 1.82) is 0 Å². The summed E-state index contributed by atoms with van der Waals surface area (Å²) < 4.78 is 18.1. The molecule has 0 saturated carbocycles. The van der Waals surface area contributed by atoms with Crippen molar-refractivity contribution in [2.24, 2.45) is 5.92 Å². The van der Waals surface area contributed by atoms with Gasteiger partial charge in [0.05, 0.1) is 18.2 Å². The van der Waals surface area contributed by atoms with E-state index in [1.54, 1.807) is 42.5 Å². The maximum absolute atomic E-state index is 13.4. The fourth-order valence-electron chi connectivity index (χ4n) is 5.36. The molecule has 2 aromatic carbocycles. The molecule has 3 aliphatic rings. The van der Waals surface area contributed by atoms with E-state index in [0.717, 1.165) is 24.2 Å². The van der Waals surface area contributed by atoms with E-state index in [1.807, 2.05) is 18.7 Å². The number of hydrogen-bond donors (Lipinski definition) is 2. The SMILES string of the molecule is CC1(C)Oc2ccc(O)cc2[C@H]2O[C@H]3CCN(C(=O)c4cccc(OCC(=O)O)c4)[C@@H]3C[C@@H]21. The van der Waals surface area contributed by atoms with Gasteiger partial charge in [0.25, 0.3) is 5.91 Å². The van der Waals surface area contributed by atoms with Crippen LogP contribution in [0.2, 0.25) is 0 Å². The lowest BCUT2D eigenvalue weighted by Crippen LogP contribution is -2.54. The number of carbonyl (C=O) groups excluding carboxylic acids is 1. The topological polar surface area (TPSA) is 106 Å². The van der Waals surface area contributed by atoms with Crippen LogP contribution in [0.3, 0.4) is 0 Å². The number of hydrogen-bond acceptors (Lipinski definition) is 6. The number of nitrogens with zero attached hydrogens (tertiary/aromatic N) is 1. The number of likely N-dealkylation sites (tertiary alicyclic amines) is 1. The van der Waals surface area contributed by atoms with Gasteiger partial charge in [0.1, 0.15) is 22.8 Å². The largest absolute Gasteiger partial charge is 0.508 e. The Hall–Kier alpha value is -3.26. The lowest BCUT2D eigenvalue weighted by Gasteiger charge is -2.50. The van der Waals surface area contributed by atoms with Crippen molar-refractivity contribution in [3.8, 4) is 17.2 Å². The van der Waals surface area contributed by atoms with Crippen molar-refractivity contribution in [2.75, 3.05) is 13.2 Å². The Kier molecular flexibility index (Phi) is 5.20. The van der Waals surface area contributed by atoms with E-state index in [-0.39, 0.29) is 35.8 Å². The number of benzene rings is 2. The first-order chi connectivity index (χ1) is 15.7. The summed E-state index contributed by atoms with van der Waals surface area (Å²) in [5.41, 5.74) is 0.808. The number of carbonyl (C=O) groups is 2. The summed E-state index contributed by atoms with van der Waals surface area (Å²) in [6.45, 7) is 4.18. The summed E-state index contributed by atoms with van der Waals surface area (Å²) in [6, 6.07) is 11.6. The van der Waals surface area contributed by atoms with E-state index in [1.165, 1.54) is 0 Å². The third-order valence-corrected chi connectivity index (χ3v) is 6.94. The van der Waals surface area contributed by atoms with Gasteiger partial charge in [0.2, 0.25) is 0 Å². The van der Waals surface area contributed by atoms with Gasteiger partial charge < -0.3 is 29.3 Å². The van der Waals surface area contributed by atoms with Crippen molar-refractivity contribution < 1.29 is 34.0 Å². The van der Waals surface area contributed by atoms with Gasteiger partial charge in [-0.25, -0.2) is 4.79 Å². The van der Waals surface area contributed by atoms with Gasteiger partial charge >= 0.3 is 5.97 Å². The van der Waals surface area contributed by atoms with Gasteiger partial charge in [-0.05, 0) is 63.1 Å². The monoisotopic (exact) mass is 453 g/mol. The molecule has 5 rings (SSSR count). The highest BCUT2D eigenvalue weighted by atomic mass is 16.5. The molecule has 2 aromatic rings. The highest BCUT2D eigenvalue weighted by Gasteiger charge is 2.54. The first-order valence-electron chi connectivity index (χ1n) is 11.2. The summed E-state index contributed by atoms with van der Waals surface area (Å²) >= 11 is 0. The molecule has 8 heteroatoms. The van der Waals surface area contributed by atoms with Crippen LogP contribution < -0.4 is 9.47 Å². The van der Waals surface area contributed by atoms with Crippen LogP contribution in [0.5, 0.6) is 17.2 Å². The summed E-state index contributed by atoms with van der Waals surface area (Å²) in [6.07, 6.45) is 1.13. The lowest BCUT2D eigenvalue weighted by molar-refractivity contribution is -0.159. The molecule has 174 valence electrons. The Balaban J connectivity index is 1.38. The van der Waals surface area contributed by atoms with Crippen LogP contribution in [0, 0.1) is 5.92 Å². The van der Waals surface area contributed by atoms with Gasteiger partial charge in [-0.15, -0.1) is 0 Å². The second kappa shape index (κ2) is 7.95. The van der Waals surface area contributed by atoms with E-state index >= 15 is 0 Å². The molecule has 0 aromatic heterocycles. The third kappa shape index (κ3) is 3.88. The number of rotatable bonds is 4. The minimum Gasteiger partial charge on any atom is -0.508 e. The number of phenols is 1. The Morgan fingerprint density at radius 2 is 2.03 bits per heavy atom. The molecule has 2 N–H and O–H groups in total. The van der Waals surface area contributed by atoms with Gasteiger partial charge in [0.15, 0.2) is 6.61 Å². The van der Waals surface area contributed by atoms with Gasteiger partial charge in [-0.1, -0.05) is 6.07 Å². The van der Waals surface area contributed by atoms with Crippen LogP contribution in [0.4, 0.5) is 0 Å². The highest BCUT2D eigenvalue weighted by molar-refractivity contribution is 5.95. The second-order valence-corrected chi connectivity index (χ2v) is 9.43. The van der Waals surface area contributed by atoms with Crippen LogP contribution in [-0.4, -0.2) is 57.9 Å². The lowest BCUT2D eigenvalue weighted by atomic mass is 9.74. The average molecular weight is 453 g/mol. The van der Waals surface area contributed by atoms with Gasteiger partial charge in [-0.2, -0.15) is 0 Å². The molecule has 0 bridgehead atoms. The maximum atomic E-state index is 13.4. The van der Waals surface area contributed by atoms with Crippen molar-refractivity contribution in [1.82, 2.24) is 4.90 Å². The third-order valence-electron chi connectivity index (χ3n) is 6.94. The number of fused-ring (bicyclic) bond motifs is 4. The Labute approximate surface area is 191 Å². The summed E-state index contributed by atoms with van der Waals surface area (Å²) in [5.74, 6) is 0.0494. The van der Waals surface area contributed by atoms with E-state index in [0.29, 0.717) is 17.9 Å². The zero-order valence-corrected chi connectivity index (χ0v) is 18.6. The molecule has 2 fully saturated rings. The molecule has 33 heavy (non-hydrogen) atoms. The van der Waals surface area contributed by atoms with E-state index in [4.69, 9.17) is 19.3 Å². The predicted molar refractivity (Wildman–Crippen MR) is 118 cm³/mol. The first kappa shape index (κ1) is 21.6. The van der Waals surface area contributed by atoms with Crippen LogP contribution in [0.25, 0.3) is 0 Å². The van der Waals surface area contributed by atoms with Crippen LogP contribution >= 0.6 is 0 Å². The molecule has 4 atom stereocenters. The number of aliphatic carboxylic acids is 1.